The van der Waals surface area contributed by atoms with Crippen molar-refractivity contribution in [3.05, 3.63) is 29.1 Å². The molecule has 4 rings (SSSR count). The first-order chi connectivity index (χ1) is 11.7. The minimum absolute atomic E-state index is 0.499. The number of nitrogens with two attached hydrogens (primary N) is 1. The van der Waals surface area contributed by atoms with E-state index >= 15 is 0 Å². The van der Waals surface area contributed by atoms with Gasteiger partial charge in [-0.05, 0) is 47.7 Å². The van der Waals surface area contributed by atoms with Crippen molar-refractivity contribution in [3.63, 3.8) is 0 Å². The highest BCUT2D eigenvalue weighted by Crippen LogP contribution is 2.21. The van der Waals surface area contributed by atoms with E-state index < -0.39 is 0 Å². The molecule has 0 aromatic carbocycles. The van der Waals surface area contributed by atoms with Crippen LogP contribution >= 0.6 is 15.9 Å². The molecule has 2 N–H and O–H groups in total. The van der Waals surface area contributed by atoms with Gasteiger partial charge < -0.3 is 15.5 Å². The number of hydrogen-bond acceptors (Lipinski definition) is 7. The number of nitrogens with zero attached hydrogens (tertiary/aromatic N) is 6. The highest BCUT2D eigenvalue weighted by atomic mass is 79.9. The molecule has 2 fully saturated rings. The molecule has 2 aromatic rings. The molecule has 2 aromatic heterocycles. The Morgan fingerprint density at radius 3 is 1.79 bits per heavy atom. The van der Waals surface area contributed by atoms with Crippen LogP contribution < -0.4 is 15.5 Å². The molecule has 24 heavy (non-hydrogen) atoms. The zero-order chi connectivity index (χ0) is 16.8. The van der Waals surface area contributed by atoms with Crippen LogP contribution in [0, 0.1) is 0 Å². The fraction of sp³-hybridized carbons (Fsp3) is 0.500. The maximum Gasteiger partial charge on any atom is 0.148 e. The van der Waals surface area contributed by atoms with Gasteiger partial charge in [0, 0.05) is 32.2 Å². The minimum atomic E-state index is 0.499. The molecular formula is C16H22BrN7. The lowest BCUT2D eigenvalue weighted by Gasteiger charge is -2.16. The Morgan fingerprint density at radius 2 is 1.29 bits per heavy atom. The standard InChI is InChI=1S/C8H10BrN3.C8H12N4/c2*9-8-5-7(6-10-11-8)12-3-1-2-4-12/h5-6H,1-4H2;5-6H,1-4H2,(H2,9,11). The van der Waals surface area contributed by atoms with Gasteiger partial charge in [-0.1, -0.05) is 0 Å². The molecule has 0 unspecified atom stereocenters. The zero-order valence-electron chi connectivity index (χ0n) is 13.6. The maximum atomic E-state index is 5.53. The van der Waals surface area contributed by atoms with E-state index in [1.807, 2.05) is 18.3 Å². The predicted molar refractivity (Wildman–Crippen MR) is 99.1 cm³/mol. The van der Waals surface area contributed by atoms with Crippen molar-refractivity contribution in [2.24, 2.45) is 0 Å². The van der Waals surface area contributed by atoms with Crippen molar-refractivity contribution in [1.29, 1.82) is 0 Å². The summed E-state index contributed by atoms with van der Waals surface area (Å²) in [6.07, 6.45) is 8.70. The Labute approximate surface area is 150 Å². The SMILES string of the molecule is Brc1cc(N2CCCC2)cnn1.Nc1cc(N2CCCC2)cnn1. The van der Waals surface area contributed by atoms with E-state index in [1.54, 1.807) is 6.20 Å². The molecule has 0 radical (unpaired) electrons. The second-order valence-corrected chi connectivity index (χ2v) is 6.78. The molecule has 8 heteroatoms. The average molecular weight is 392 g/mol. The van der Waals surface area contributed by atoms with Gasteiger partial charge in [0.15, 0.2) is 0 Å². The van der Waals surface area contributed by atoms with Crippen molar-refractivity contribution >= 4 is 33.1 Å². The molecule has 2 saturated heterocycles. The van der Waals surface area contributed by atoms with Crippen LogP contribution in [0.2, 0.25) is 0 Å². The van der Waals surface area contributed by atoms with Crippen molar-refractivity contribution in [2.75, 3.05) is 41.7 Å². The molecular weight excluding hydrogens is 370 g/mol. The molecule has 2 aliphatic rings. The van der Waals surface area contributed by atoms with Gasteiger partial charge in [0.2, 0.25) is 0 Å². The van der Waals surface area contributed by atoms with Gasteiger partial charge in [0.25, 0.3) is 0 Å². The molecule has 128 valence electrons. The number of aromatic nitrogens is 4. The summed E-state index contributed by atoms with van der Waals surface area (Å²) in [5.74, 6) is 0.499. The normalized spacial score (nSPS) is 16.9. The van der Waals surface area contributed by atoms with Crippen LogP contribution in [-0.4, -0.2) is 46.6 Å². The summed E-state index contributed by atoms with van der Waals surface area (Å²) in [4.78, 5) is 4.62. The molecule has 2 aliphatic heterocycles. The van der Waals surface area contributed by atoms with Gasteiger partial charge in [0.1, 0.15) is 10.4 Å². The quantitative estimate of drug-likeness (QED) is 0.841. The van der Waals surface area contributed by atoms with Crippen LogP contribution in [0.25, 0.3) is 0 Å². The molecule has 4 heterocycles. The summed E-state index contributed by atoms with van der Waals surface area (Å²) in [6.45, 7) is 4.53. The molecule has 0 saturated carbocycles. The van der Waals surface area contributed by atoms with Crippen molar-refractivity contribution in [2.45, 2.75) is 25.7 Å². The maximum absolute atomic E-state index is 5.53. The molecule has 0 amide bonds. The summed E-state index contributed by atoms with van der Waals surface area (Å²) >= 11 is 3.31. The third-order valence-corrected chi connectivity index (χ3v) is 4.60. The number of halogens is 1. The lowest BCUT2D eigenvalue weighted by atomic mass is 10.4. The number of nitrogen functional groups attached to an aromatic ring is 1. The number of hydrogen-bond donors (Lipinski definition) is 1. The highest BCUT2D eigenvalue weighted by molar-refractivity contribution is 9.10. The summed E-state index contributed by atoms with van der Waals surface area (Å²) in [5.41, 5.74) is 7.80. The highest BCUT2D eigenvalue weighted by Gasteiger charge is 2.13. The smallest absolute Gasteiger partial charge is 0.148 e. The van der Waals surface area contributed by atoms with E-state index in [2.05, 4.69) is 46.1 Å². The van der Waals surface area contributed by atoms with Gasteiger partial charge in [-0.2, -0.15) is 10.2 Å². The monoisotopic (exact) mass is 391 g/mol. The van der Waals surface area contributed by atoms with E-state index in [0.717, 1.165) is 36.5 Å². The topological polar surface area (TPSA) is 84.1 Å². The van der Waals surface area contributed by atoms with Gasteiger partial charge in [-0.3, -0.25) is 0 Å². The fourth-order valence-corrected chi connectivity index (χ4v) is 3.33. The first-order valence-corrected chi connectivity index (χ1v) is 9.08. The van der Waals surface area contributed by atoms with Crippen LogP contribution in [0.1, 0.15) is 25.7 Å². The van der Waals surface area contributed by atoms with Gasteiger partial charge >= 0.3 is 0 Å². The fourth-order valence-electron chi connectivity index (χ4n) is 3.00. The predicted octanol–water partition coefficient (Wildman–Crippen LogP) is 2.50. The van der Waals surface area contributed by atoms with Gasteiger partial charge in [-0.15, -0.1) is 10.2 Å². The Bertz CT molecular complexity index is 597. The van der Waals surface area contributed by atoms with Crippen molar-refractivity contribution in [1.82, 2.24) is 20.4 Å². The summed E-state index contributed by atoms with van der Waals surface area (Å²) in [5, 5.41) is 15.3. The Morgan fingerprint density at radius 1 is 0.792 bits per heavy atom. The van der Waals surface area contributed by atoms with Crippen LogP contribution in [0.15, 0.2) is 29.1 Å². The Balaban J connectivity index is 0.000000141. The van der Waals surface area contributed by atoms with Gasteiger partial charge in [-0.25, -0.2) is 0 Å². The third kappa shape index (κ3) is 4.53. The Hall–Kier alpha value is -1.96. The van der Waals surface area contributed by atoms with E-state index in [0.29, 0.717) is 5.82 Å². The molecule has 7 nitrogen and oxygen atoms in total. The third-order valence-electron chi connectivity index (χ3n) is 4.21. The second-order valence-electron chi connectivity index (χ2n) is 5.96. The van der Waals surface area contributed by atoms with Crippen LogP contribution in [0.5, 0.6) is 0 Å². The van der Waals surface area contributed by atoms with E-state index in [9.17, 15) is 0 Å². The van der Waals surface area contributed by atoms with E-state index in [1.165, 1.54) is 31.4 Å². The largest absolute Gasteiger partial charge is 0.382 e. The lowest BCUT2D eigenvalue weighted by molar-refractivity contribution is 0.928. The zero-order valence-corrected chi connectivity index (χ0v) is 15.2. The lowest BCUT2D eigenvalue weighted by Crippen LogP contribution is -2.18. The van der Waals surface area contributed by atoms with Crippen LogP contribution in [-0.2, 0) is 0 Å². The van der Waals surface area contributed by atoms with Crippen molar-refractivity contribution in [3.8, 4) is 0 Å². The average Bonchev–Trinajstić information content (AvgIpc) is 3.29. The molecule has 0 spiro atoms. The van der Waals surface area contributed by atoms with Gasteiger partial charge in [0.05, 0.1) is 23.8 Å². The molecule has 0 atom stereocenters. The van der Waals surface area contributed by atoms with E-state index in [4.69, 9.17) is 5.73 Å². The summed E-state index contributed by atoms with van der Waals surface area (Å²) < 4.78 is 0.812. The molecule has 0 bridgehead atoms. The van der Waals surface area contributed by atoms with Crippen molar-refractivity contribution < 1.29 is 0 Å². The first-order valence-electron chi connectivity index (χ1n) is 8.29. The van der Waals surface area contributed by atoms with Crippen LogP contribution in [0.4, 0.5) is 17.2 Å². The van der Waals surface area contributed by atoms with E-state index in [-0.39, 0.29) is 0 Å². The summed E-state index contributed by atoms with van der Waals surface area (Å²) in [6, 6.07) is 3.89. The Kier molecular flexibility index (Phi) is 5.79. The van der Waals surface area contributed by atoms with Crippen LogP contribution in [0.3, 0.4) is 0 Å². The number of rotatable bonds is 2. The molecule has 0 aliphatic carbocycles. The minimum Gasteiger partial charge on any atom is -0.382 e. The summed E-state index contributed by atoms with van der Waals surface area (Å²) in [7, 11) is 0. The second kappa shape index (κ2) is 8.23. The number of anilines is 3. The first kappa shape index (κ1) is 16.9.